The smallest absolute Gasteiger partial charge is 0.323 e. The average molecular weight is 286 g/mol. The summed E-state index contributed by atoms with van der Waals surface area (Å²) in [6, 6.07) is -0.359. The third-order valence-corrected chi connectivity index (χ3v) is 3.52. The van der Waals surface area contributed by atoms with E-state index in [4.69, 9.17) is 5.11 Å². The first-order valence-corrected chi connectivity index (χ1v) is 6.76. The molecule has 0 aromatic rings. The number of methoxy groups -OCH3 is 1. The van der Waals surface area contributed by atoms with Gasteiger partial charge in [-0.3, -0.25) is 9.59 Å². The molecule has 0 heterocycles. The Morgan fingerprint density at radius 1 is 1.25 bits per heavy atom. The van der Waals surface area contributed by atoms with Crippen LogP contribution in [0.2, 0.25) is 0 Å². The zero-order valence-electron chi connectivity index (χ0n) is 12.0. The van der Waals surface area contributed by atoms with Crippen LogP contribution in [0, 0.1) is 0 Å². The molecule has 0 atom stereocenters. The quantitative estimate of drug-likeness (QED) is 0.734. The Labute approximate surface area is 118 Å². The predicted octanol–water partition coefficient (Wildman–Crippen LogP) is 0.930. The molecule has 20 heavy (non-hydrogen) atoms. The first-order chi connectivity index (χ1) is 9.45. The summed E-state index contributed by atoms with van der Waals surface area (Å²) < 4.78 is 4.52. The molecular formula is C13H22N2O5. The predicted molar refractivity (Wildman–Crippen MR) is 71.3 cm³/mol. The normalized spacial score (nSPS) is 14.9. The Hall–Kier alpha value is -1.79. The minimum Gasteiger partial charge on any atom is -0.480 e. The third kappa shape index (κ3) is 4.71. The van der Waals surface area contributed by atoms with Crippen molar-refractivity contribution in [2.75, 3.05) is 27.2 Å². The molecule has 1 rings (SSSR count). The van der Waals surface area contributed by atoms with Crippen LogP contribution in [-0.4, -0.2) is 66.2 Å². The van der Waals surface area contributed by atoms with E-state index in [1.54, 1.807) is 7.05 Å². The molecule has 7 nitrogen and oxygen atoms in total. The lowest BCUT2D eigenvalue weighted by Crippen LogP contribution is -2.48. The maximum absolute atomic E-state index is 12.3. The number of carbonyl (C=O) groups is 3. The van der Waals surface area contributed by atoms with E-state index in [1.165, 1.54) is 16.9 Å². The van der Waals surface area contributed by atoms with Crippen LogP contribution in [0.25, 0.3) is 0 Å². The summed E-state index contributed by atoms with van der Waals surface area (Å²) in [5, 5.41) is 8.94. The highest BCUT2D eigenvalue weighted by Gasteiger charge is 2.30. The SMILES string of the molecule is COC(=O)CCN(C)C(=O)N(CC(=O)O)C1CCCC1. The summed E-state index contributed by atoms with van der Waals surface area (Å²) in [6.45, 7) is -0.0829. The van der Waals surface area contributed by atoms with Gasteiger partial charge in [-0.15, -0.1) is 0 Å². The minimum absolute atomic E-state index is 0.0147. The number of hydrogen-bond donors (Lipinski definition) is 1. The number of aliphatic carboxylic acids is 1. The maximum Gasteiger partial charge on any atom is 0.323 e. The first-order valence-electron chi connectivity index (χ1n) is 6.76. The highest BCUT2D eigenvalue weighted by Crippen LogP contribution is 2.24. The van der Waals surface area contributed by atoms with Gasteiger partial charge < -0.3 is 19.6 Å². The summed E-state index contributed by atoms with van der Waals surface area (Å²) in [4.78, 5) is 37.1. The van der Waals surface area contributed by atoms with Crippen molar-refractivity contribution >= 4 is 18.0 Å². The van der Waals surface area contributed by atoms with Crippen molar-refractivity contribution in [2.45, 2.75) is 38.1 Å². The van der Waals surface area contributed by atoms with Crippen molar-refractivity contribution in [3.63, 3.8) is 0 Å². The van der Waals surface area contributed by atoms with Gasteiger partial charge in [0.25, 0.3) is 0 Å². The standard InChI is InChI=1S/C13H22N2O5/c1-14(8-7-12(18)20-2)13(19)15(9-11(16)17)10-5-3-4-6-10/h10H,3-9H2,1-2H3,(H,16,17). The van der Waals surface area contributed by atoms with Crippen LogP contribution in [0.15, 0.2) is 0 Å². The molecule has 1 N–H and O–H groups in total. The van der Waals surface area contributed by atoms with Crippen molar-refractivity contribution in [1.82, 2.24) is 9.80 Å². The van der Waals surface area contributed by atoms with Gasteiger partial charge in [0.2, 0.25) is 0 Å². The number of nitrogens with zero attached hydrogens (tertiary/aromatic N) is 2. The fraction of sp³-hybridized carbons (Fsp3) is 0.769. The second-order valence-electron chi connectivity index (χ2n) is 4.99. The van der Waals surface area contributed by atoms with Gasteiger partial charge in [-0.05, 0) is 12.8 Å². The number of esters is 1. The molecule has 0 aromatic carbocycles. The summed E-state index contributed by atoms with van der Waals surface area (Å²) in [7, 11) is 2.86. The Morgan fingerprint density at radius 2 is 1.85 bits per heavy atom. The summed E-state index contributed by atoms with van der Waals surface area (Å²) in [6.07, 6.45) is 3.80. The Bertz CT molecular complexity index is 366. The van der Waals surface area contributed by atoms with Gasteiger partial charge in [-0.25, -0.2) is 4.79 Å². The lowest BCUT2D eigenvalue weighted by molar-refractivity contribution is -0.141. The van der Waals surface area contributed by atoms with Crippen molar-refractivity contribution in [3.8, 4) is 0 Å². The molecular weight excluding hydrogens is 264 g/mol. The molecule has 0 radical (unpaired) electrons. The maximum atomic E-state index is 12.3. The molecule has 0 aromatic heterocycles. The van der Waals surface area contributed by atoms with Crippen LogP contribution in [-0.2, 0) is 14.3 Å². The Balaban J connectivity index is 2.61. The third-order valence-electron chi connectivity index (χ3n) is 3.52. The number of rotatable bonds is 6. The first kappa shape index (κ1) is 16.3. The van der Waals surface area contributed by atoms with E-state index in [-0.39, 0.29) is 31.6 Å². The van der Waals surface area contributed by atoms with Crippen molar-refractivity contribution < 1.29 is 24.2 Å². The van der Waals surface area contributed by atoms with Gasteiger partial charge in [0.1, 0.15) is 6.54 Å². The summed E-state index contributed by atoms with van der Waals surface area (Å²) in [5.41, 5.74) is 0. The molecule has 0 bridgehead atoms. The molecule has 1 aliphatic carbocycles. The second-order valence-corrected chi connectivity index (χ2v) is 4.99. The number of carboxylic acid groups (broad SMARTS) is 1. The van der Waals surface area contributed by atoms with Crippen LogP contribution in [0.3, 0.4) is 0 Å². The molecule has 0 saturated heterocycles. The van der Waals surface area contributed by atoms with Crippen molar-refractivity contribution in [2.24, 2.45) is 0 Å². The van der Waals surface area contributed by atoms with Gasteiger partial charge in [-0.1, -0.05) is 12.8 Å². The lowest BCUT2D eigenvalue weighted by Gasteiger charge is -2.31. The van der Waals surface area contributed by atoms with Gasteiger partial charge >= 0.3 is 18.0 Å². The number of carboxylic acids is 1. The fourth-order valence-electron chi connectivity index (χ4n) is 2.39. The van der Waals surface area contributed by atoms with E-state index in [9.17, 15) is 14.4 Å². The van der Waals surface area contributed by atoms with E-state index in [0.29, 0.717) is 0 Å². The molecule has 7 heteroatoms. The van der Waals surface area contributed by atoms with E-state index >= 15 is 0 Å². The van der Waals surface area contributed by atoms with Crippen LogP contribution in [0.5, 0.6) is 0 Å². The monoisotopic (exact) mass is 286 g/mol. The van der Waals surface area contributed by atoms with Gasteiger partial charge in [0, 0.05) is 19.6 Å². The van der Waals surface area contributed by atoms with Crippen LogP contribution < -0.4 is 0 Å². The fourth-order valence-corrected chi connectivity index (χ4v) is 2.39. The lowest BCUT2D eigenvalue weighted by atomic mass is 10.2. The molecule has 1 saturated carbocycles. The largest absolute Gasteiger partial charge is 0.480 e. The topological polar surface area (TPSA) is 87.2 Å². The van der Waals surface area contributed by atoms with Gasteiger partial charge in [-0.2, -0.15) is 0 Å². The number of urea groups is 1. The summed E-state index contributed by atoms with van der Waals surface area (Å²) in [5.74, 6) is -1.41. The Morgan fingerprint density at radius 3 is 2.35 bits per heavy atom. The molecule has 0 spiro atoms. The molecule has 1 fully saturated rings. The number of carbonyl (C=O) groups excluding carboxylic acids is 2. The van der Waals surface area contributed by atoms with Crippen molar-refractivity contribution in [1.29, 1.82) is 0 Å². The highest BCUT2D eigenvalue weighted by atomic mass is 16.5. The molecule has 1 aliphatic rings. The summed E-state index contributed by atoms with van der Waals surface area (Å²) >= 11 is 0. The zero-order chi connectivity index (χ0) is 15.1. The molecule has 114 valence electrons. The minimum atomic E-state index is -1.02. The molecule has 0 unspecified atom stereocenters. The Kier molecular flexibility index (Phi) is 6.27. The van der Waals surface area contributed by atoms with Crippen LogP contribution in [0.1, 0.15) is 32.1 Å². The number of hydrogen-bond acceptors (Lipinski definition) is 4. The zero-order valence-corrected chi connectivity index (χ0v) is 12.0. The highest BCUT2D eigenvalue weighted by molar-refractivity contribution is 5.80. The van der Waals surface area contributed by atoms with Crippen LogP contribution >= 0.6 is 0 Å². The molecule has 2 amide bonds. The number of amides is 2. The van der Waals surface area contributed by atoms with E-state index in [2.05, 4.69) is 4.74 Å². The second kappa shape index (κ2) is 7.72. The molecule has 0 aliphatic heterocycles. The van der Waals surface area contributed by atoms with E-state index in [1.807, 2.05) is 0 Å². The average Bonchev–Trinajstić information content (AvgIpc) is 2.94. The van der Waals surface area contributed by atoms with Gasteiger partial charge in [0.05, 0.1) is 13.5 Å². The van der Waals surface area contributed by atoms with Gasteiger partial charge in [0.15, 0.2) is 0 Å². The van der Waals surface area contributed by atoms with E-state index < -0.39 is 11.9 Å². The van der Waals surface area contributed by atoms with Crippen molar-refractivity contribution in [3.05, 3.63) is 0 Å². The number of ether oxygens (including phenoxy) is 1. The van der Waals surface area contributed by atoms with Crippen LogP contribution in [0.4, 0.5) is 4.79 Å². The van der Waals surface area contributed by atoms with E-state index in [0.717, 1.165) is 25.7 Å².